The third kappa shape index (κ3) is 1.98. The Balaban J connectivity index is 2.47. The summed E-state index contributed by atoms with van der Waals surface area (Å²) in [5.74, 6) is 1.01. The summed E-state index contributed by atoms with van der Waals surface area (Å²) < 4.78 is 4.02. The third-order valence-corrected chi connectivity index (χ3v) is 3.17. The van der Waals surface area contributed by atoms with Gasteiger partial charge in [0.05, 0.1) is 29.3 Å². The number of aryl methyl sites for hydroxylation is 3. The van der Waals surface area contributed by atoms with Crippen molar-refractivity contribution >= 4 is 0 Å². The van der Waals surface area contributed by atoms with Gasteiger partial charge < -0.3 is 9.88 Å². The Morgan fingerprint density at radius 2 is 1.94 bits per heavy atom. The molecule has 0 aromatic carbocycles. The first-order valence-corrected chi connectivity index (χ1v) is 5.70. The molecule has 0 aliphatic heterocycles. The minimum atomic E-state index is 0.118. The third-order valence-electron chi connectivity index (χ3n) is 3.17. The first kappa shape index (κ1) is 11.9. The molecule has 1 atom stereocenters. The van der Waals surface area contributed by atoms with Crippen molar-refractivity contribution in [2.24, 2.45) is 14.1 Å². The van der Waals surface area contributed by atoms with Crippen LogP contribution in [-0.4, -0.2) is 26.4 Å². The van der Waals surface area contributed by atoms with Gasteiger partial charge in [0.25, 0.3) is 0 Å². The fraction of sp³-hybridized carbons (Fsp3) is 0.500. The minimum absolute atomic E-state index is 0.118. The van der Waals surface area contributed by atoms with Crippen molar-refractivity contribution in [1.82, 2.24) is 24.6 Å². The highest BCUT2D eigenvalue weighted by atomic mass is 15.3. The Morgan fingerprint density at radius 1 is 1.24 bits per heavy atom. The van der Waals surface area contributed by atoms with E-state index < -0.39 is 0 Å². The zero-order valence-corrected chi connectivity index (χ0v) is 11.0. The van der Waals surface area contributed by atoms with E-state index in [0.29, 0.717) is 0 Å². The second-order valence-corrected chi connectivity index (χ2v) is 4.35. The van der Waals surface area contributed by atoms with Gasteiger partial charge in [-0.05, 0) is 27.0 Å². The van der Waals surface area contributed by atoms with Crippen LogP contribution in [0.2, 0.25) is 0 Å². The molecule has 0 radical (unpaired) electrons. The van der Waals surface area contributed by atoms with Crippen LogP contribution < -0.4 is 5.32 Å². The molecule has 2 heterocycles. The largest absolute Gasteiger partial charge is 0.334 e. The normalized spacial score (nSPS) is 13.0. The van der Waals surface area contributed by atoms with Gasteiger partial charge in [-0.3, -0.25) is 4.68 Å². The predicted molar refractivity (Wildman–Crippen MR) is 66.8 cm³/mol. The number of imidazole rings is 1. The maximum atomic E-state index is 4.39. The summed E-state index contributed by atoms with van der Waals surface area (Å²) in [6.45, 7) is 4.01. The van der Waals surface area contributed by atoms with E-state index in [9.17, 15) is 0 Å². The highest BCUT2D eigenvalue weighted by Gasteiger charge is 2.20. The Bertz CT molecular complexity index is 521. The molecule has 5 heteroatoms. The molecule has 92 valence electrons. The molecule has 0 amide bonds. The van der Waals surface area contributed by atoms with Crippen LogP contribution in [0.3, 0.4) is 0 Å². The summed E-state index contributed by atoms with van der Waals surface area (Å²) in [5.41, 5.74) is 3.32. The number of nitrogens with zero attached hydrogens (tertiary/aromatic N) is 4. The molecule has 0 fully saturated rings. The molecule has 0 saturated heterocycles. The first-order valence-electron chi connectivity index (χ1n) is 5.70. The lowest BCUT2D eigenvalue weighted by atomic mass is 10.1. The maximum absolute atomic E-state index is 4.39. The molecule has 1 unspecified atom stereocenters. The van der Waals surface area contributed by atoms with Gasteiger partial charge in [-0.2, -0.15) is 5.10 Å². The summed E-state index contributed by atoms with van der Waals surface area (Å²) in [5, 5.41) is 7.71. The van der Waals surface area contributed by atoms with Crippen molar-refractivity contribution in [3.63, 3.8) is 0 Å². The fourth-order valence-corrected chi connectivity index (χ4v) is 2.14. The Labute approximate surface area is 101 Å². The lowest BCUT2D eigenvalue weighted by molar-refractivity contribution is 0.574. The molecule has 0 spiro atoms. The maximum Gasteiger partial charge on any atom is 0.105 e. The van der Waals surface area contributed by atoms with Gasteiger partial charge in [0, 0.05) is 14.1 Å². The van der Waals surface area contributed by atoms with E-state index >= 15 is 0 Å². The van der Waals surface area contributed by atoms with Crippen LogP contribution >= 0.6 is 0 Å². The number of aromatic nitrogens is 4. The summed E-state index contributed by atoms with van der Waals surface area (Å²) in [6, 6.07) is 2.22. The van der Waals surface area contributed by atoms with Crippen LogP contribution in [0, 0.1) is 13.8 Å². The van der Waals surface area contributed by atoms with Crippen LogP contribution in [0.15, 0.2) is 12.3 Å². The Kier molecular flexibility index (Phi) is 3.02. The standard InChI is InChI=1S/C12H19N5/c1-8-6-10(17(5)15-8)12(13-3)11-7-14-9(2)16(11)4/h6-7,12-13H,1-5H3. The van der Waals surface area contributed by atoms with Gasteiger partial charge in [-0.1, -0.05) is 0 Å². The molecule has 17 heavy (non-hydrogen) atoms. The highest BCUT2D eigenvalue weighted by molar-refractivity contribution is 5.24. The molecular formula is C12H19N5. The van der Waals surface area contributed by atoms with Gasteiger partial charge in [0.1, 0.15) is 5.82 Å². The average Bonchev–Trinajstić information content (AvgIpc) is 2.77. The van der Waals surface area contributed by atoms with Gasteiger partial charge in [-0.15, -0.1) is 0 Å². The minimum Gasteiger partial charge on any atom is -0.334 e. The van der Waals surface area contributed by atoms with Crippen molar-refractivity contribution < 1.29 is 0 Å². The van der Waals surface area contributed by atoms with Crippen LogP contribution in [0.1, 0.15) is 28.9 Å². The van der Waals surface area contributed by atoms with E-state index in [2.05, 4.69) is 26.0 Å². The zero-order chi connectivity index (χ0) is 12.6. The molecule has 0 aliphatic rings. The van der Waals surface area contributed by atoms with E-state index in [4.69, 9.17) is 0 Å². The number of hydrogen-bond acceptors (Lipinski definition) is 3. The molecule has 1 N–H and O–H groups in total. The van der Waals surface area contributed by atoms with Crippen LogP contribution in [-0.2, 0) is 14.1 Å². The van der Waals surface area contributed by atoms with Crippen molar-refractivity contribution in [3.05, 3.63) is 35.2 Å². The number of nitrogens with one attached hydrogen (secondary N) is 1. The van der Waals surface area contributed by atoms with Crippen LogP contribution in [0.5, 0.6) is 0 Å². The quantitative estimate of drug-likeness (QED) is 0.863. The lowest BCUT2D eigenvalue weighted by Crippen LogP contribution is -2.23. The molecular weight excluding hydrogens is 214 g/mol. The summed E-state index contributed by atoms with van der Waals surface area (Å²) in [6.07, 6.45) is 1.92. The van der Waals surface area contributed by atoms with Gasteiger partial charge >= 0.3 is 0 Å². The van der Waals surface area contributed by atoms with Crippen LogP contribution in [0.4, 0.5) is 0 Å². The summed E-state index contributed by atoms with van der Waals surface area (Å²) in [7, 11) is 5.95. The smallest absolute Gasteiger partial charge is 0.105 e. The van der Waals surface area contributed by atoms with Crippen molar-refractivity contribution in [2.45, 2.75) is 19.9 Å². The molecule has 0 aliphatic carbocycles. The molecule has 0 bridgehead atoms. The number of rotatable bonds is 3. The van der Waals surface area contributed by atoms with Gasteiger partial charge in [0.2, 0.25) is 0 Å². The van der Waals surface area contributed by atoms with E-state index in [1.165, 1.54) is 0 Å². The van der Waals surface area contributed by atoms with E-state index in [0.717, 1.165) is 22.9 Å². The van der Waals surface area contributed by atoms with Crippen LogP contribution in [0.25, 0.3) is 0 Å². The fourth-order valence-electron chi connectivity index (χ4n) is 2.14. The zero-order valence-electron chi connectivity index (χ0n) is 11.0. The van der Waals surface area contributed by atoms with Crippen molar-refractivity contribution in [3.8, 4) is 0 Å². The molecule has 2 aromatic rings. The number of hydrogen-bond donors (Lipinski definition) is 1. The van der Waals surface area contributed by atoms with Crippen molar-refractivity contribution in [2.75, 3.05) is 7.05 Å². The second kappa shape index (κ2) is 4.33. The average molecular weight is 233 g/mol. The lowest BCUT2D eigenvalue weighted by Gasteiger charge is -2.17. The first-order chi connectivity index (χ1) is 8.04. The van der Waals surface area contributed by atoms with E-state index in [-0.39, 0.29) is 6.04 Å². The molecule has 2 rings (SSSR count). The summed E-state index contributed by atoms with van der Waals surface area (Å²) in [4.78, 5) is 4.34. The highest BCUT2D eigenvalue weighted by Crippen LogP contribution is 2.22. The Morgan fingerprint density at radius 3 is 2.35 bits per heavy atom. The van der Waals surface area contributed by atoms with Gasteiger partial charge in [-0.25, -0.2) is 4.98 Å². The second-order valence-electron chi connectivity index (χ2n) is 4.35. The molecule has 5 nitrogen and oxygen atoms in total. The van der Waals surface area contributed by atoms with E-state index in [1.807, 2.05) is 45.9 Å². The predicted octanol–water partition coefficient (Wildman–Crippen LogP) is 1.08. The topological polar surface area (TPSA) is 47.7 Å². The van der Waals surface area contributed by atoms with E-state index in [1.54, 1.807) is 0 Å². The van der Waals surface area contributed by atoms with Crippen molar-refractivity contribution in [1.29, 1.82) is 0 Å². The molecule has 2 aromatic heterocycles. The molecule has 0 saturated carbocycles. The monoisotopic (exact) mass is 233 g/mol. The SMILES string of the molecule is CNC(c1cc(C)nn1C)c1cnc(C)n1C. The Hall–Kier alpha value is -1.62. The van der Waals surface area contributed by atoms with Gasteiger partial charge in [0.15, 0.2) is 0 Å². The summed E-state index contributed by atoms with van der Waals surface area (Å²) >= 11 is 0.